The highest BCUT2D eigenvalue weighted by Crippen LogP contribution is 2.26. The maximum absolute atomic E-state index is 12.3. The van der Waals surface area contributed by atoms with Crippen LogP contribution in [-0.4, -0.2) is 54.8 Å². The lowest BCUT2D eigenvalue weighted by molar-refractivity contribution is -0.139. The summed E-state index contributed by atoms with van der Waals surface area (Å²) in [6, 6.07) is 9.84. The number of carbonyl (C=O) groups is 2. The fraction of sp³-hybridized carbons (Fsp3) is 0.412. The summed E-state index contributed by atoms with van der Waals surface area (Å²) in [5, 5.41) is 3.78. The Morgan fingerprint density at radius 2 is 2.22 bits per heavy atom. The number of piperazine rings is 1. The molecule has 0 radical (unpaired) electrons. The van der Waals surface area contributed by atoms with Crippen molar-refractivity contribution in [1.82, 2.24) is 15.1 Å². The number of likely N-dealkylation sites (N-methyl/N-ethyl adjacent to an activating group) is 1. The lowest BCUT2D eigenvalue weighted by atomic mass is 10.2. The molecule has 2 amide bonds. The number of rotatable bonds is 4. The molecule has 1 aromatic carbocycles. The van der Waals surface area contributed by atoms with E-state index in [0.29, 0.717) is 13.1 Å². The van der Waals surface area contributed by atoms with Crippen LogP contribution in [0.25, 0.3) is 11.0 Å². The van der Waals surface area contributed by atoms with Gasteiger partial charge in [-0.25, -0.2) is 0 Å². The highest BCUT2D eigenvalue weighted by molar-refractivity contribution is 5.86. The van der Waals surface area contributed by atoms with Crippen molar-refractivity contribution in [2.45, 2.75) is 13.0 Å². The van der Waals surface area contributed by atoms with Crippen molar-refractivity contribution in [2.24, 2.45) is 0 Å². The van der Waals surface area contributed by atoms with Gasteiger partial charge in [0, 0.05) is 18.5 Å². The molecule has 2 aromatic rings. The van der Waals surface area contributed by atoms with E-state index in [0.717, 1.165) is 16.7 Å². The standard InChI is InChI=1S/C17H21N3O3/c1-12(15-9-13-5-3-4-6-14(13)23-15)19(2)11-17(22)20-8-7-18-16(21)10-20/h3-6,9,12H,7-8,10-11H2,1-2H3,(H,18,21)/t12-/m1/s1. The Balaban J connectivity index is 1.65. The van der Waals surface area contributed by atoms with Crippen molar-refractivity contribution in [1.29, 1.82) is 0 Å². The molecule has 1 aromatic heterocycles. The Morgan fingerprint density at radius 1 is 1.43 bits per heavy atom. The van der Waals surface area contributed by atoms with Crippen molar-refractivity contribution >= 4 is 22.8 Å². The number of furan rings is 1. The number of carbonyl (C=O) groups excluding carboxylic acids is 2. The minimum atomic E-state index is -0.0995. The highest BCUT2D eigenvalue weighted by atomic mass is 16.3. The predicted octanol–water partition coefficient (Wildman–Crippen LogP) is 1.38. The van der Waals surface area contributed by atoms with Gasteiger partial charge in [0.05, 0.1) is 19.1 Å². The molecule has 1 N–H and O–H groups in total. The van der Waals surface area contributed by atoms with Crippen LogP contribution in [0.1, 0.15) is 18.7 Å². The quantitative estimate of drug-likeness (QED) is 0.926. The Morgan fingerprint density at radius 3 is 2.96 bits per heavy atom. The van der Waals surface area contributed by atoms with Crippen LogP contribution in [0.2, 0.25) is 0 Å². The number of benzene rings is 1. The van der Waals surface area contributed by atoms with E-state index in [1.165, 1.54) is 0 Å². The van der Waals surface area contributed by atoms with Crippen LogP contribution < -0.4 is 5.32 Å². The van der Waals surface area contributed by atoms with Crippen LogP contribution >= 0.6 is 0 Å². The van der Waals surface area contributed by atoms with Gasteiger partial charge in [-0.05, 0) is 26.1 Å². The van der Waals surface area contributed by atoms with Crippen molar-refractivity contribution < 1.29 is 14.0 Å². The third-order valence-electron chi connectivity index (χ3n) is 4.29. The molecule has 1 aliphatic heterocycles. The second kappa shape index (κ2) is 6.42. The molecule has 6 heteroatoms. The fourth-order valence-electron chi connectivity index (χ4n) is 2.73. The van der Waals surface area contributed by atoms with Crippen molar-refractivity contribution in [3.05, 3.63) is 36.1 Å². The van der Waals surface area contributed by atoms with Gasteiger partial charge in [0.2, 0.25) is 11.8 Å². The van der Waals surface area contributed by atoms with E-state index in [1.54, 1.807) is 4.90 Å². The number of amides is 2. The molecule has 1 atom stereocenters. The average Bonchev–Trinajstić information content (AvgIpc) is 2.98. The molecule has 23 heavy (non-hydrogen) atoms. The smallest absolute Gasteiger partial charge is 0.239 e. The molecule has 0 saturated carbocycles. The summed E-state index contributed by atoms with van der Waals surface area (Å²) in [6.07, 6.45) is 0. The highest BCUT2D eigenvalue weighted by Gasteiger charge is 2.24. The summed E-state index contributed by atoms with van der Waals surface area (Å²) in [4.78, 5) is 27.3. The van der Waals surface area contributed by atoms with Crippen LogP contribution in [0.4, 0.5) is 0 Å². The monoisotopic (exact) mass is 315 g/mol. The Hall–Kier alpha value is -2.34. The summed E-state index contributed by atoms with van der Waals surface area (Å²) in [6.45, 7) is 3.50. The lowest BCUT2D eigenvalue weighted by Gasteiger charge is -2.30. The largest absolute Gasteiger partial charge is 0.459 e. The molecule has 0 spiro atoms. The molecule has 0 unspecified atom stereocenters. The molecule has 0 aliphatic carbocycles. The van der Waals surface area contributed by atoms with E-state index in [2.05, 4.69) is 5.32 Å². The average molecular weight is 315 g/mol. The number of nitrogens with zero attached hydrogens (tertiary/aromatic N) is 2. The van der Waals surface area contributed by atoms with Crippen LogP contribution in [0.5, 0.6) is 0 Å². The third-order valence-corrected chi connectivity index (χ3v) is 4.29. The van der Waals surface area contributed by atoms with Crippen LogP contribution in [0.3, 0.4) is 0 Å². The first-order chi connectivity index (χ1) is 11.0. The normalized spacial score (nSPS) is 16.7. The van der Waals surface area contributed by atoms with E-state index in [4.69, 9.17) is 4.42 Å². The summed E-state index contributed by atoms with van der Waals surface area (Å²) in [7, 11) is 1.89. The van der Waals surface area contributed by atoms with E-state index in [9.17, 15) is 9.59 Å². The van der Waals surface area contributed by atoms with Crippen molar-refractivity contribution in [2.75, 3.05) is 33.2 Å². The first kappa shape index (κ1) is 15.6. The lowest BCUT2D eigenvalue weighted by Crippen LogP contribution is -2.52. The summed E-state index contributed by atoms with van der Waals surface area (Å²) in [5.41, 5.74) is 0.849. The second-order valence-electron chi connectivity index (χ2n) is 5.94. The number of para-hydroxylation sites is 1. The van der Waals surface area contributed by atoms with Gasteiger partial charge in [-0.15, -0.1) is 0 Å². The number of hydrogen-bond donors (Lipinski definition) is 1. The van der Waals surface area contributed by atoms with Gasteiger partial charge in [-0.2, -0.15) is 0 Å². The SMILES string of the molecule is C[C@H](c1cc2ccccc2o1)N(C)CC(=O)N1CCNC(=O)C1. The molecular weight excluding hydrogens is 294 g/mol. The van der Waals surface area contributed by atoms with Gasteiger partial charge < -0.3 is 14.6 Å². The van der Waals surface area contributed by atoms with Crippen molar-refractivity contribution in [3.63, 3.8) is 0 Å². The van der Waals surface area contributed by atoms with E-state index >= 15 is 0 Å². The molecule has 3 rings (SSSR count). The predicted molar refractivity (Wildman–Crippen MR) is 86.8 cm³/mol. The van der Waals surface area contributed by atoms with Crippen molar-refractivity contribution in [3.8, 4) is 0 Å². The van der Waals surface area contributed by atoms with Gasteiger partial charge in [0.15, 0.2) is 0 Å². The maximum Gasteiger partial charge on any atom is 0.239 e. The molecular formula is C17H21N3O3. The molecule has 6 nitrogen and oxygen atoms in total. The summed E-state index contributed by atoms with van der Waals surface area (Å²) < 4.78 is 5.86. The number of fused-ring (bicyclic) bond motifs is 1. The van der Waals surface area contributed by atoms with Crippen LogP contribution in [0, 0.1) is 0 Å². The zero-order valence-corrected chi connectivity index (χ0v) is 13.4. The van der Waals surface area contributed by atoms with E-state index in [-0.39, 0.29) is 30.9 Å². The fourth-order valence-corrected chi connectivity index (χ4v) is 2.73. The zero-order chi connectivity index (χ0) is 16.4. The first-order valence-electron chi connectivity index (χ1n) is 7.78. The molecule has 1 aliphatic rings. The molecule has 1 fully saturated rings. The third kappa shape index (κ3) is 3.37. The Bertz CT molecular complexity index is 692. The summed E-state index contributed by atoms with van der Waals surface area (Å²) >= 11 is 0. The first-order valence-corrected chi connectivity index (χ1v) is 7.78. The minimum Gasteiger partial charge on any atom is -0.459 e. The van der Waals surface area contributed by atoms with Gasteiger partial charge in [0.1, 0.15) is 11.3 Å². The van der Waals surface area contributed by atoms with Crippen LogP contribution in [0.15, 0.2) is 34.7 Å². The molecule has 1 saturated heterocycles. The number of hydrogen-bond acceptors (Lipinski definition) is 4. The molecule has 2 heterocycles. The van der Waals surface area contributed by atoms with E-state index in [1.807, 2.05) is 49.2 Å². The molecule has 122 valence electrons. The van der Waals surface area contributed by atoms with Gasteiger partial charge in [-0.1, -0.05) is 18.2 Å². The van der Waals surface area contributed by atoms with E-state index < -0.39 is 0 Å². The van der Waals surface area contributed by atoms with Gasteiger partial charge in [-0.3, -0.25) is 14.5 Å². The van der Waals surface area contributed by atoms with Gasteiger partial charge in [0.25, 0.3) is 0 Å². The topological polar surface area (TPSA) is 65.8 Å². The summed E-state index contributed by atoms with van der Waals surface area (Å²) in [5.74, 6) is 0.695. The Labute approximate surface area is 135 Å². The number of nitrogens with one attached hydrogen (secondary N) is 1. The second-order valence-corrected chi connectivity index (χ2v) is 5.94. The zero-order valence-electron chi connectivity index (χ0n) is 13.4. The molecule has 0 bridgehead atoms. The van der Waals surface area contributed by atoms with Gasteiger partial charge >= 0.3 is 0 Å². The maximum atomic E-state index is 12.3. The van der Waals surface area contributed by atoms with Crippen LogP contribution in [-0.2, 0) is 9.59 Å². The Kier molecular flexibility index (Phi) is 4.34. The minimum absolute atomic E-state index is 0.0232.